The minimum Gasteiger partial charge on any atom is -0.479 e. The lowest BCUT2D eigenvalue weighted by atomic mass is 10.0. The number of hydrogen-bond acceptors (Lipinski definition) is 10. The summed E-state index contributed by atoms with van der Waals surface area (Å²) in [4.78, 5) is 29.4. The van der Waals surface area contributed by atoms with Crippen LogP contribution in [-0.4, -0.2) is 107 Å². The number of aliphatic hydroxyl groups excluding tert-OH is 7. The molecule has 0 aliphatic rings. The van der Waals surface area contributed by atoms with Crippen molar-refractivity contribution in [2.45, 2.75) is 36.6 Å². The van der Waals surface area contributed by atoms with Crippen LogP contribution in [0.3, 0.4) is 0 Å². The molecule has 0 aliphatic heterocycles. The first-order valence-electron chi connectivity index (χ1n) is 5.61. The number of carbonyl (C=O) groups is 3. The van der Waals surface area contributed by atoms with Crippen molar-refractivity contribution in [2.24, 2.45) is 0 Å². The first-order valence-corrected chi connectivity index (χ1v) is 5.61. The molecule has 0 fully saturated rings. The molecule has 12 nitrogen and oxygen atoms in total. The van der Waals surface area contributed by atoms with E-state index in [-0.39, 0.29) is 6.29 Å². The molecule has 0 spiro atoms. The van der Waals surface area contributed by atoms with Crippen LogP contribution in [0.4, 0.5) is 0 Å². The molecule has 0 bridgehead atoms. The van der Waals surface area contributed by atoms with Gasteiger partial charge in [-0.1, -0.05) is 0 Å². The number of carboxylic acid groups (broad SMARTS) is 2. The lowest BCUT2D eigenvalue weighted by Crippen LogP contribution is -2.46. The highest BCUT2D eigenvalue weighted by Gasteiger charge is 2.30. The molecule has 0 rings (SSSR count). The Hall–Kier alpha value is -1.67. The SMILES string of the molecule is O=C(O)C(O)C(O)C(=O)O.O=CC(O)C(O)C(O)C(O)CO. The molecule has 6 unspecified atom stereocenters. The van der Waals surface area contributed by atoms with Crippen LogP contribution in [0.5, 0.6) is 0 Å². The van der Waals surface area contributed by atoms with Gasteiger partial charge in [0.15, 0.2) is 18.5 Å². The third kappa shape index (κ3) is 7.94. The number of rotatable bonds is 8. The van der Waals surface area contributed by atoms with Crippen molar-refractivity contribution in [3.05, 3.63) is 0 Å². The third-order valence-electron chi connectivity index (χ3n) is 2.23. The highest BCUT2D eigenvalue weighted by atomic mass is 16.4. The van der Waals surface area contributed by atoms with E-state index in [4.69, 9.17) is 46.0 Å². The first-order chi connectivity index (χ1) is 10.0. The Morgan fingerprint density at radius 2 is 1.18 bits per heavy atom. The van der Waals surface area contributed by atoms with Gasteiger partial charge >= 0.3 is 11.9 Å². The lowest BCUT2D eigenvalue weighted by Gasteiger charge is -2.22. The zero-order valence-corrected chi connectivity index (χ0v) is 11.0. The molecule has 0 amide bonds. The summed E-state index contributed by atoms with van der Waals surface area (Å²) in [7, 11) is 0. The van der Waals surface area contributed by atoms with E-state index in [1.807, 2.05) is 0 Å². The summed E-state index contributed by atoms with van der Waals surface area (Å²) in [5, 5.41) is 76.1. The maximum absolute atomic E-state index is 9.90. The predicted octanol–water partition coefficient (Wildman–Crippen LogP) is -5.50. The lowest BCUT2D eigenvalue weighted by molar-refractivity contribution is -0.165. The first kappa shape index (κ1) is 22.6. The van der Waals surface area contributed by atoms with E-state index >= 15 is 0 Å². The van der Waals surface area contributed by atoms with Crippen molar-refractivity contribution in [3.63, 3.8) is 0 Å². The highest BCUT2D eigenvalue weighted by Crippen LogP contribution is 2.02. The second-order valence-electron chi connectivity index (χ2n) is 3.92. The van der Waals surface area contributed by atoms with Crippen LogP contribution in [0.25, 0.3) is 0 Å². The average Bonchev–Trinajstić information content (AvgIpc) is 2.50. The van der Waals surface area contributed by atoms with Crippen LogP contribution >= 0.6 is 0 Å². The summed E-state index contributed by atoms with van der Waals surface area (Å²) in [6.45, 7) is -0.760. The Balaban J connectivity index is 0. The second kappa shape index (κ2) is 11.0. The normalized spacial score (nSPS) is 18.7. The van der Waals surface area contributed by atoms with Crippen molar-refractivity contribution in [1.82, 2.24) is 0 Å². The van der Waals surface area contributed by atoms with Crippen LogP contribution in [0.1, 0.15) is 0 Å². The molecule has 12 heteroatoms. The molecule has 0 aromatic heterocycles. The molecule has 0 saturated carbocycles. The van der Waals surface area contributed by atoms with Gasteiger partial charge < -0.3 is 50.8 Å². The van der Waals surface area contributed by atoms with E-state index in [9.17, 15) is 14.4 Å². The molecule has 0 saturated heterocycles. The predicted molar refractivity (Wildman–Crippen MR) is 64.5 cm³/mol. The van der Waals surface area contributed by atoms with E-state index in [2.05, 4.69) is 0 Å². The van der Waals surface area contributed by atoms with Gasteiger partial charge in [0.1, 0.15) is 24.4 Å². The van der Waals surface area contributed by atoms with Crippen molar-refractivity contribution in [3.8, 4) is 0 Å². The zero-order valence-electron chi connectivity index (χ0n) is 11.0. The topological polar surface area (TPSA) is 233 Å². The Kier molecular flexibility index (Phi) is 11.3. The fourth-order valence-electron chi connectivity index (χ4n) is 0.888. The Morgan fingerprint density at radius 1 is 0.818 bits per heavy atom. The summed E-state index contributed by atoms with van der Waals surface area (Å²) in [5.74, 6) is -3.54. The minimum atomic E-state index is -2.27. The maximum atomic E-state index is 9.90. The molecule has 22 heavy (non-hydrogen) atoms. The Bertz CT molecular complexity index is 340. The quantitative estimate of drug-likeness (QED) is 0.189. The Labute approximate surface area is 123 Å². The van der Waals surface area contributed by atoms with E-state index in [0.717, 1.165) is 0 Å². The molecule has 9 N–H and O–H groups in total. The monoisotopic (exact) mass is 330 g/mol. The summed E-state index contributed by atoms with van der Waals surface area (Å²) in [6.07, 6.45) is -11.4. The molecule has 0 aromatic rings. The fraction of sp³-hybridized carbons (Fsp3) is 0.700. The van der Waals surface area contributed by atoms with Gasteiger partial charge in [0.05, 0.1) is 6.61 Å². The van der Waals surface area contributed by atoms with Crippen molar-refractivity contribution in [2.75, 3.05) is 6.61 Å². The van der Waals surface area contributed by atoms with Gasteiger partial charge in [-0.2, -0.15) is 0 Å². The fourth-order valence-corrected chi connectivity index (χ4v) is 0.888. The maximum Gasteiger partial charge on any atom is 0.335 e. The van der Waals surface area contributed by atoms with E-state index < -0.39 is 55.2 Å². The second-order valence-corrected chi connectivity index (χ2v) is 3.92. The Morgan fingerprint density at radius 3 is 1.41 bits per heavy atom. The van der Waals surface area contributed by atoms with Crippen molar-refractivity contribution < 1.29 is 60.3 Å². The number of carboxylic acids is 2. The van der Waals surface area contributed by atoms with Crippen LogP contribution in [0.15, 0.2) is 0 Å². The van der Waals surface area contributed by atoms with Gasteiger partial charge in [-0.05, 0) is 0 Å². The van der Waals surface area contributed by atoms with Gasteiger partial charge in [-0.3, -0.25) is 0 Å². The molecular formula is C10H18O12. The van der Waals surface area contributed by atoms with E-state index in [0.29, 0.717) is 0 Å². The van der Waals surface area contributed by atoms with Crippen LogP contribution < -0.4 is 0 Å². The van der Waals surface area contributed by atoms with Gasteiger partial charge in [0, 0.05) is 0 Å². The molecule has 130 valence electrons. The zero-order chi connectivity index (χ0) is 18.0. The van der Waals surface area contributed by atoms with Gasteiger partial charge in [0.2, 0.25) is 0 Å². The smallest absolute Gasteiger partial charge is 0.335 e. The largest absolute Gasteiger partial charge is 0.479 e. The molecular weight excluding hydrogens is 312 g/mol. The van der Waals surface area contributed by atoms with E-state index in [1.54, 1.807) is 0 Å². The van der Waals surface area contributed by atoms with Crippen LogP contribution in [0.2, 0.25) is 0 Å². The van der Waals surface area contributed by atoms with Crippen molar-refractivity contribution in [1.29, 1.82) is 0 Å². The van der Waals surface area contributed by atoms with Gasteiger partial charge in [0.25, 0.3) is 0 Å². The van der Waals surface area contributed by atoms with Gasteiger partial charge in [-0.25, -0.2) is 9.59 Å². The third-order valence-corrected chi connectivity index (χ3v) is 2.23. The molecule has 0 radical (unpaired) electrons. The summed E-state index contributed by atoms with van der Waals surface area (Å²) in [5.41, 5.74) is 0. The standard InChI is InChI=1S/C6H12O6.C4H6O6/c7-1-3(9)5(11)6(12)4(10)2-8;5-1(3(7)8)2(6)4(9)10/h1,3-6,8-12H,2H2;1-2,5-6H,(H,7,8)(H,9,10). The van der Waals surface area contributed by atoms with Gasteiger partial charge in [-0.15, -0.1) is 0 Å². The number of aliphatic hydroxyl groups is 7. The van der Waals surface area contributed by atoms with Crippen molar-refractivity contribution >= 4 is 18.2 Å². The average molecular weight is 330 g/mol. The summed E-state index contributed by atoms with van der Waals surface area (Å²) in [6, 6.07) is 0. The number of aliphatic carboxylic acids is 2. The number of hydrogen-bond donors (Lipinski definition) is 9. The summed E-state index contributed by atoms with van der Waals surface area (Å²) >= 11 is 0. The number of aldehydes is 1. The van der Waals surface area contributed by atoms with Crippen LogP contribution in [0, 0.1) is 0 Å². The molecule has 0 aromatic carbocycles. The minimum absolute atomic E-state index is 0.0258. The molecule has 6 atom stereocenters. The van der Waals surface area contributed by atoms with Crippen LogP contribution in [-0.2, 0) is 14.4 Å². The highest BCUT2D eigenvalue weighted by molar-refractivity contribution is 5.83. The summed E-state index contributed by atoms with van der Waals surface area (Å²) < 4.78 is 0. The molecule has 0 aliphatic carbocycles. The van der Waals surface area contributed by atoms with E-state index in [1.165, 1.54) is 0 Å². The number of carbonyl (C=O) groups excluding carboxylic acids is 1. The molecule has 0 heterocycles.